The Morgan fingerprint density at radius 3 is 2.85 bits per heavy atom. The van der Waals surface area contributed by atoms with E-state index in [1.165, 1.54) is 18.2 Å². The van der Waals surface area contributed by atoms with Crippen molar-refractivity contribution in [3.8, 4) is 11.5 Å². The number of aromatic nitrogens is 1. The summed E-state index contributed by atoms with van der Waals surface area (Å²) in [7, 11) is 0. The predicted octanol–water partition coefficient (Wildman–Crippen LogP) is 3.64. The van der Waals surface area contributed by atoms with E-state index < -0.39 is 11.8 Å². The number of aromatic carboxylic acids is 1. The van der Waals surface area contributed by atoms with Crippen molar-refractivity contribution < 1.29 is 18.7 Å². The van der Waals surface area contributed by atoms with Crippen LogP contribution in [0.3, 0.4) is 0 Å². The fourth-order valence-electron chi connectivity index (χ4n) is 1.99. The Morgan fingerprint density at radius 2 is 2.10 bits per heavy atom. The third kappa shape index (κ3) is 1.93. The van der Waals surface area contributed by atoms with E-state index in [1.54, 1.807) is 25.1 Å². The zero-order chi connectivity index (χ0) is 14.3. The minimum Gasteiger partial charge on any atom is -0.478 e. The van der Waals surface area contributed by atoms with Gasteiger partial charge in [0.1, 0.15) is 11.3 Å². The SMILES string of the molecule is Cc1cccc(-c2nc3cc(C(=O)O)ccc3o2)c1F. The van der Waals surface area contributed by atoms with Gasteiger partial charge in [0.25, 0.3) is 0 Å². The summed E-state index contributed by atoms with van der Waals surface area (Å²) in [5.74, 6) is -1.29. The van der Waals surface area contributed by atoms with E-state index in [1.807, 2.05) is 0 Å². The molecule has 1 heterocycles. The second-order valence-electron chi connectivity index (χ2n) is 4.44. The quantitative estimate of drug-likeness (QED) is 0.772. The Balaban J connectivity index is 2.18. The van der Waals surface area contributed by atoms with E-state index in [-0.39, 0.29) is 17.0 Å². The number of carboxylic acids is 1. The van der Waals surface area contributed by atoms with E-state index in [0.29, 0.717) is 16.7 Å². The molecule has 0 fully saturated rings. The van der Waals surface area contributed by atoms with Gasteiger partial charge < -0.3 is 9.52 Å². The van der Waals surface area contributed by atoms with E-state index in [2.05, 4.69) is 4.98 Å². The van der Waals surface area contributed by atoms with Gasteiger partial charge in [-0.3, -0.25) is 0 Å². The first-order valence-corrected chi connectivity index (χ1v) is 5.95. The number of rotatable bonds is 2. The minimum atomic E-state index is -1.04. The summed E-state index contributed by atoms with van der Waals surface area (Å²) in [6.07, 6.45) is 0. The van der Waals surface area contributed by atoms with Gasteiger partial charge in [0.2, 0.25) is 5.89 Å². The highest BCUT2D eigenvalue weighted by atomic mass is 19.1. The van der Waals surface area contributed by atoms with Gasteiger partial charge in [-0.1, -0.05) is 12.1 Å². The molecule has 0 amide bonds. The lowest BCUT2D eigenvalue weighted by atomic mass is 10.1. The Morgan fingerprint density at radius 1 is 1.30 bits per heavy atom. The maximum absolute atomic E-state index is 14.0. The standard InChI is InChI=1S/C15H10FNO3/c1-8-3-2-4-10(13(8)16)14-17-11-7-9(15(18)19)5-6-12(11)20-14/h2-7H,1H3,(H,18,19). The zero-order valence-corrected chi connectivity index (χ0v) is 10.6. The number of carboxylic acid groups (broad SMARTS) is 1. The Kier molecular flexibility index (Phi) is 2.75. The maximum atomic E-state index is 14.0. The molecule has 0 radical (unpaired) electrons. The van der Waals surface area contributed by atoms with Crippen LogP contribution in [0.25, 0.3) is 22.6 Å². The molecular formula is C15H10FNO3. The number of aryl methyl sites for hydroxylation is 1. The van der Waals surface area contributed by atoms with Crippen LogP contribution < -0.4 is 0 Å². The Labute approximate surface area is 113 Å². The highest BCUT2D eigenvalue weighted by molar-refractivity contribution is 5.92. The first kappa shape index (κ1) is 12.3. The smallest absolute Gasteiger partial charge is 0.335 e. The van der Waals surface area contributed by atoms with Crippen LogP contribution in [0.2, 0.25) is 0 Å². The van der Waals surface area contributed by atoms with Crippen molar-refractivity contribution in [1.82, 2.24) is 4.98 Å². The van der Waals surface area contributed by atoms with Crippen LogP contribution in [0.4, 0.5) is 4.39 Å². The molecule has 0 aliphatic heterocycles. The molecular weight excluding hydrogens is 261 g/mol. The lowest BCUT2D eigenvalue weighted by Crippen LogP contribution is -1.94. The summed E-state index contributed by atoms with van der Waals surface area (Å²) >= 11 is 0. The van der Waals surface area contributed by atoms with Crippen molar-refractivity contribution >= 4 is 17.1 Å². The fraction of sp³-hybridized carbons (Fsp3) is 0.0667. The second-order valence-corrected chi connectivity index (χ2v) is 4.44. The van der Waals surface area contributed by atoms with E-state index in [9.17, 15) is 9.18 Å². The molecule has 3 rings (SSSR count). The molecule has 4 nitrogen and oxygen atoms in total. The topological polar surface area (TPSA) is 63.3 Å². The van der Waals surface area contributed by atoms with Crippen LogP contribution in [0, 0.1) is 12.7 Å². The molecule has 0 unspecified atom stereocenters. The monoisotopic (exact) mass is 271 g/mol. The minimum absolute atomic E-state index is 0.113. The van der Waals surface area contributed by atoms with Crippen LogP contribution in [-0.4, -0.2) is 16.1 Å². The number of nitrogens with zero attached hydrogens (tertiary/aromatic N) is 1. The molecule has 100 valence electrons. The molecule has 5 heteroatoms. The molecule has 1 N–H and O–H groups in total. The summed E-state index contributed by atoms with van der Waals surface area (Å²) in [5, 5.41) is 8.93. The molecule has 0 spiro atoms. The van der Waals surface area contributed by atoms with Crippen LogP contribution >= 0.6 is 0 Å². The van der Waals surface area contributed by atoms with Gasteiger partial charge in [-0.05, 0) is 36.8 Å². The average Bonchev–Trinajstić information content (AvgIpc) is 2.84. The van der Waals surface area contributed by atoms with E-state index in [4.69, 9.17) is 9.52 Å². The van der Waals surface area contributed by atoms with Crippen molar-refractivity contribution in [2.75, 3.05) is 0 Å². The third-order valence-electron chi connectivity index (χ3n) is 3.06. The van der Waals surface area contributed by atoms with Gasteiger partial charge >= 0.3 is 5.97 Å². The summed E-state index contributed by atoms with van der Waals surface area (Å²) in [5.41, 5.74) is 1.68. The number of hydrogen-bond acceptors (Lipinski definition) is 3. The van der Waals surface area contributed by atoms with Crippen molar-refractivity contribution in [2.45, 2.75) is 6.92 Å². The number of hydrogen-bond donors (Lipinski definition) is 1. The predicted molar refractivity (Wildman–Crippen MR) is 71.1 cm³/mol. The molecule has 3 aromatic rings. The van der Waals surface area contributed by atoms with E-state index >= 15 is 0 Å². The van der Waals surface area contributed by atoms with Gasteiger partial charge in [0.05, 0.1) is 11.1 Å². The lowest BCUT2D eigenvalue weighted by Gasteiger charge is -2.00. The molecule has 0 saturated carbocycles. The number of halogens is 1. The van der Waals surface area contributed by atoms with Crippen molar-refractivity contribution in [3.05, 3.63) is 53.3 Å². The fourth-order valence-corrected chi connectivity index (χ4v) is 1.99. The van der Waals surface area contributed by atoms with Crippen LogP contribution in [0.15, 0.2) is 40.8 Å². The normalized spacial score (nSPS) is 10.9. The van der Waals surface area contributed by atoms with Gasteiger partial charge in [-0.25, -0.2) is 14.2 Å². The third-order valence-corrected chi connectivity index (χ3v) is 3.06. The van der Waals surface area contributed by atoms with Crippen molar-refractivity contribution in [1.29, 1.82) is 0 Å². The number of benzene rings is 2. The van der Waals surface area contributed by atoms with Crippen LogP contribution in [0.1, 0.15) is 15.9 Å². The summed E-state index contributed by atoms with van der Waals surface area (Å²) in [6, 6.07) is 9.29. The molecule has 0 bridgehead atoms. The number of oxazole rings is 1. The average molecular weight is 271 g/mol. The number of carbonyl (C=O) groups is 1. The molecule has 1 aromatic heterocycles. The molecule has 0 aliphatic carbocycles. The highest BCUT2D eigenvalue weighted by Gasteiger charge is 2.15. The second kappa shape index (κ2) is 4.45. The summed E-state index contributed by atoms with van der Waals surface area (Å²) in [4.78, 5) is 15.1. The highest BCUT2D eigenvalue weighted by Crippen LogP contribution is 2.28. The zero-order valence-electron chi connectivity index (χ0n) is 10.6. The maximum Gasteiger partial charge on any atom is 0.335 e. The molecule has 20 heavy (non-hydrogen) atoms. The molecule has 0 aliphatic rings. The van der Waals surface area contributed by atoms with Crippen LogP contribution in [0.5, 0.6) is 0 Å². The van der Waals surface area contributed by atoms with E-state index in [0.717, 1.165) is 0 Å². The van der Waals surface area contributed by atoms with Crippen LogP contribution in [-0.2, 0) is 0 Å². The molecule has 2 aromatic carbocycles. The lowest BCUT2D eigenvalue weighted by molar-refractivity contribution is 0.0697. The first-order valence-electron chi connectivity index (χ1n) is 5.95. The Bertz CT molecular complexity index is 823. The van der Waals surface area contributed by atoms with Gasteiger partial charge in [-0.15, -0.1) is 0 Å². The number of fused-ring (bicyclic) bond motifs is 1. The van der Waals surface area contributed by atoms with Gasteiger partial charge in [-0.2, -0.15) is 0 Å². The van der Waals surface area contributed by atoms with Gasteiger partial charge in [0.15, 0.2) is 5.58 Å². The first-order chi connectivity index (χ1) is 9.56. The molecule has 0 atom stereocenters. The molecule has 0 saturated heterocycles. The van der Waals surface area contributed by atoms with Crippen molar-refractivity contribution in [2.24, 2.45) is 0 Å². The largest absolute Gasteiger partial charge is 0.478 e. The van der Waals surface area contributed by atoms with Crippen molar-refractivity contribution in [3.63, 3.8) is 0 Å². The summed E-state index contributed by atoms with van der Waals surface area (Å²) < 4.78 is 19.5. The van der Waals surface area contributed by atoms with Gasteiger partial charge in [0, 0.05) is 0 Å². The Hall–Kier alpha value is -2.69. The summed E-state index contributed by atoms with van der Waals surface area (Å²) in [6.45, 7) is 1.66.